The highest BCUT2D eigenvalue weighted by atomic mass is 16.5. The Labute approximate surface area is 86.9 Å². The third-order valence-electron chi connectivity index (χ3n) is 1.88. The Bertz CT molecular complexity index is 449. The van der Waals surface area contributed by atoms with E-state index in [2.05, 4.69) is 9.98 Å². The Kier molecular flexibility index (Phi) is 2.78. The summed E-state index contributed by atoms with van der Waals surface area (Å²) in [5, 5.41) is 9.17. The third kappa shape index (κ3) is 2.43. The molecule has 2 aromatic rings. The Hall–Kier alpha value is -2.10. The van der Waals surface area contributed by atoms with E-state index in [1.165, 1.54) is 6.26 Å². The van der Waals surface area contributed by atoms with Crippen molar-refractivity contribution in [2.45, 2.75) is 6.54 Å². The molecule has 0 aliphatic heterocycles. The van der Waals surface area contributed by atoms with Crippen LogP contribution in [-0.2, 0) is 6.54 Å². The number of aromatic nitrogens is 1. The molecule has 0 unspecified atom stereocenters. The van der Waals surface area contributed by atoms with E-state index in [0.717, 1.165) is 5.69 Å². The van der Waals surface area contributed by atoms with Gasteiger partial charge in [0.15, 0.2) is 0 Å². The maximum atomic E-state index is 9.17. The zero-order valence-electron chi connectivity index (χ0n) is 8.00. The van der Waals surface area contributed by atoms with Gasteiger partial charge < -0.3 is 9.52 Å². The van der Waals surface area contributed by atoms with Crippen LogP contribution >= 0.6 is 0 Å². The van der Waals surface area contributed by atoms with Crippen molar-refractivity contribution in [3.63, 3.8) is 0 Å². The molecule has 0 saturated carbocycles. The molecular formula is C11H10N2O2. The van der Waals surface area contributed by atoms with Crippen LogP contribution in [-0.4, -0.2) is 16.3 Å². The number of aromatic hydroxyl groups is 1. The number of hydrogen-bond donors (Lipinski definition) is 1. The van der Waals surface area contributed by atoms with E-state index in [-0.39, 0.29) is 5.95 Å². The van der Waals surface area contributed by atoms with Crippen LogP contribution in [0.5, 0.6) is 5.95 Å². The van der Waals surface area contributed by atoms with Gasteiger partial charge in [-0.15, -0.1) is 0 Å². The van der Waals surface area contributed by atoms with Crippen molar-refractivity contribution >= 4 is 6.21 Å². The third-order valence-corrected chi connectivity index (χ3v) is 1.88. The van der Waals surface area contributed by atoms with Gasteiger partial charge in [0.2, 0.25) is 0 Å². The van der Waals surface area contributed by atoms with E-state index in [9.17, 15) is 5.11 Å². The molecule has 0 aliphatic rings. The van der Waals surface area contributed by atoms with Crippen molar-refractivity contribution in [2.75, 3.05) is 0 Å². The van der Waals surface area contributed by atoms with E-state index < -0.39 is 0 Å². The molecule has 0 saturated heterocycles. The summed E-state index contributed by atoms with van der Waals surface area (Å²) in [7, 11) is 0. The molecular weight excluding hydrogens is 192 g/mol. The molecule has 0 bridgehead atoms. The minimum Gasteiger partial charge on any atom is -0.480 e. The maximum Gasteiger partial charge on any atom is 0.290 e. The molecule has 0 atom stereocenters. The average molecular weight is 202 g/mol. The second kappa shape index (κ2) is 4.41. The summed E-state index contributed by atoms with van der Waals surface area (Å²) in [4.78, 5) is 8.26. The summed E-state index contributed by atoms with van der Waals surface area (Å²) in [5.41, 5.74) is 1.46. The first-order valence-corrected chi connectivity index (χ1v) is 4.52. The molecule has 2 heterocycles. The lowest BCUT2D eigenvalue weighted by Crippen LogP contribution is -1.86. The van der Waals surface area contributed by atoms with Gasteiger partial charge in [0.1, 0.15) is 0 Å². The van der Waals surface area contributed by atoms with Crippen LogP contribution in [0.25, 0.3) is 0 Å². The van der Waals surface area contributed by atoms with Crippen LogP contribution in [0.3, 0.4) is 0 Å². The largest absolute Gasteiger partial charge is 0.480 e. The molecule has 0 aromatic carbocycles. The normalized spacial score (nSPS) is 10.9. The Balaban J connectivity index is 2.00. The van der Waals surface area contributed by atoms with Crippen molar-refractivity contribution in [3.8, 4) is 5.95 Å². The van der Waals surface area contributed by atoms with Crippen molar-refractivity contribution in [1.82, 2.24) is 4.98 Å². The van der Waals surface area contributed by atoms with Gasteiger partial charge in [-0.3, -0.25) is 9.98 Å². The second-order valence-electron chi connectivity index (χ2n) is 2.97. The highest BCUT2D eigenvalue weighted by Crippen LogP contribution is 2.14. The number of hydrogen-bond acceptors (Lipinski definition) is 4. The number of pyridine rings is 1. The first-order chi connectivity index (χ1) is 7.36. The number of rotatable bonds is 3. The van der Waals surface area contributed by atoms with Crippen LogP contribution in [0.4, 0.5) is 0 Å². The van der Waals surface area contributed by atoms with Gasteiger partial charge in [-0.25, -0.2) is 0 Å². The minimum atomic E-state index is -0.111. The molecule has 1 N–H and O–H groups in total. The second-order valence-corrected chi connectivity index (χ2v) is 2.97. The number of furan rings is 1. The highest BCUT2D eigenvalue weighted by molar-refractivity contribution is 5.81. The van der Waals surface area contributed by atoms with Crippen LogP contribution < -0.4 is 0 Å². The molecule has 0 radical (unpaired) electrons. The summed E-state index contributed by atoms with van der Waals surface area (Å²) in [6.45, 7) is 0.492. The SMILES string of the molecule is Oc1occc1C=NCc1ccccn1. The number of nitrogens with zero attached hydrogens (tertiary/aromatic N) is 2. The smallest absolute Gasteiger partial charge is 0.290 e. The van der Waals surface area contributed by atoms with Crippen LogP contribution in [0, 0.1) is 0 Å². The fourth-order valence-corrected chi connectivity index (χ4v) is 1.14. The van der Waals surface area contributed by atoms with Crippen LogP contribution in [0.1, 0.15) is 11.3 Å². The van der Waals surface area contributed by atoms with Crippen molar-refractivity contribution < 1.29 is 9.52 Å². The summed E-state index contributed by atoms with van der Waals surface area (Å²) in [6.07, 6.45) is 4.70. The summed E-state index contributed by atoms with van der Waals surface area (Å²) in [6, 6.07) is 7.31. The Morgan fingerprint density at radius 1 is 1.40 bits per heavy atom. The zero-order chi connectivity index (χ0) is 10.5. The van der Waals surface area contributed by atoms with Crippen molar-refractivity contribution in [1.29, 1.82) is 0 Å². The molecule has 2 rings (SSSR count). The van der Waals surface area contributed by atoms with Gasteiger partial charge in [0.05, 0.1) is 24.1 Å². The van der Waals surface area contributed by atoms with Crippen LogP contribution in [0.15, 0.2) is 46.1 Å². The lowest BCUT2D eigenvalue weighted by Gasteiger charge is -1.92. The monoisotopic (exact) mass is 202 g/mol. The minimum absolute atomic E-state index is 0.111. The fourth-order valence-electron chi connectivity index (χ4n) is 1.14. The summed E-state index contributed by atoms with van der Waals surface area (Å²) in [5.74, 6) is -0.111. The van der Waals surface area contributed by atoms with Gasteiger partial charge in [-0.1, -0.05) is 6.07 Å². The molecule has 15 heavy (non-hydrogen) atoms. The maximum absolute atomic E-state index is 9.17. The van der Waals surface area contributed by atoms with Crippen LogP contribution in [0.2, 0.25) is 0 Å². The Morgan fingerprint density at radius 2 is 2.33 bits per heavy atom. The number of aliphatic imine (C=N–C) groups is 1. The standard InChI is InChI=1S/C11H10N2O2/c14-11-9(4-6-15-11)7-12-8-10-3-1-2-5-13-10/h1-7,14H,8H2. The van der Waals surface area contributed by atoms with E-state index in [1.54, 1.807) is 18.5 Å². The zero-order valence-corrected chi connectivity index (χ0v) is 8.00. The fraction of sp³-hybridized carbons (Fsp3) is 0.0909. The lowest BCUT2D eigenvalue weighted by atomic mass is 10.3. The topological polar surface area (TPSA) is 58.6 Å². The molecule has 4 heteroatoms. The van der Waals surface area contributed by atoms with Gasteiger partial charge >= 0.3 is 0 Å². The van der Waals surface area contributed by atoms with E-state index >= 15 is 0 Å². The van der Waals surface area contributed by atoms with E-state index in [1.807, 2.05) is 18.2 Å². The molecule has 0 fully saturated rings. The predicted molar refractivity (Wildman–Crippen MR) is 55.9 cm³/mol. The molecule has 0 aliphatic carbocycles. The van der Waals surface area contributed by atoms with Crippen molar-refractivity contribution in [2.24, 2.45) is 4.99 Å². The summed E-state index contributed by atoms with van der Waals surface area (Å²) < 4.78 is 4.72. The van der Waals surface area contributed by atoms with Crippen molar-refractivity contribution in [3.05, 3.63) is 48.0 Å². The molecule has 4 nitrogen and oxygen atoms in total. The van der Waals surface area contributed by atoms with Gasteiger partial charge in [0, 0.05) is 12.4 Å². The lowest BCUT2D eigenvalue weighted by molar-refractivity contribution is 0.332. The first kappa shape index (κ1) is 9.45. The van der Waals surface area contributed by atoms with Gasteiger partial charge in [-0.2, -0.15) is 0 Å². The summed E-state index contributed by atoms with van der Waals surface area (Å²) >= 11 is 0. The molecule has 0 amide bonds. The highest BCUT2D eigenvalue weighted by Gasteiger charge is 1.99. The predicted octanol–water partition coefficient (Wildman–Crippen LogP) is 2.00. The average Bonchev–Trinajstić information content (AvgIpc) is 2.66. The molecule has 0 spiro atoms. The van der Waals surface area contributed by atoms with E-state index in [0.29, 0.717) is 12.1 Å². The first-order valence-electron chi connectivity index (χ1n) is 4.52. The molecule has 76 valence electrons. The van der Waals surface area contributed by atoms with Gasteiger partial charge in [-0.05, 0) is 18.2 Å². The Morgan fingerprint density at radius 3 is 3.00 bits per heavy atom. The quantitative estimate of drug-likeness (QED) is 0.774. The van der Waals surface area contributed by atoms with E-state index in [4.69, 9.17) is 4.42 Å². The molecule has 2 aromatic heterocycles. The van der Waals surface area contributed by atoms with Gasteiger partial charge in [0.25, 0.3) is 5.95 Å².